The first-order valence-corrected chi connectivity index (χ1v) is 8.65. The van der Waals surface area contributed by atoms with Crippen LogP contribution in [0, 0.1) is 19.8 Å². The molecule has 0 saturated heterocycles. The Balaban J connectivity index is 2.13. The average molecular weight is 354 g/mol. The van der Waals surface area contributed by atoms with E-state index in [0.29, 0.717) is 11.3 Å². The maximum absolute atomic E-state index is 12.7. The number of rotatable bonds is 6. The standard InChI is InChI=1S/C21H26N2O3/c1-13(2)19(21(25)22-18-12-14(3)6-7-15(18)4)23-20(24)16-8-10-17(26-5)11-9-16/h6-13,19H,1-5H3,(H,22,25)(H,23,24)/t19-/m0/s1. The van der Waals surface area contributed by atoms with Gasteiger partial charge in [-0.25, -0.2) is 0 Å². The molecule has 138 valence electrons. The van der Waals surface area contributed by atoms with Gasteiger partial charge in [-0.05, 0) is 61.2 Å². The maximum atomic E-state index is 12.7. The topological polar surface area (TPSA) is 67.4 Å². The van der Waals surface area contributed by atoms with Gasteiger partial charge in [-0.3, -0.25) is 9.59 Å². The molecule has 2 aromatic rings. The molecule has 2 N–H and O–H groups in total. The minimum Gasteiger partial charge on any atom is -0.497 e. The van der Waals surface area contributed by atoms with Crippen LogP contribution < -0.4 is 15.4 Å². The van der Waals surface area contributed by atoms with Crippen molar-refractivity contribution in [3.63, 3.8) is 0 Å². The van der Waals surface area contributed by atoms with Crippen molar-refractivity contribution < 1.29 is 14.3 Å². The Labute approximate surface area is 154 Å². The highest BCUT2D eigenvalue weighted by Gasteiger charge is 2.25. The Morgan fingerprint density at radius 1 is 1.00 bits per heavy atom. The van der Waals surface area contributed by atoms with Crippen molar-refractivity contribution in [3.8, 4) is 5.75 Å². The first kappa shape index (κ1) is 19.5. The third-order valence-corrected chi connectivity index (χ3v) is 4.24. The first-order chi connectivity index (χ1) is 12.3. The molecule has 2 aromatic carbocycles. The number of methoxy groups -OCH3 is 1. The molecular weight excluding hydrogens is 328 g/mol. The summed E-state index contributed by atoms with van der Waals surface area (Å²) in [5.41, 5.74) is 3.29. The van der Waals surface area contributed by atoms with Gasteiger partial charge in [0.1, 0.15) is 11.8 Å². The largest absolute Gasteiger partial charge is 0.497 e. The van der Waals surface area contributed by atoms with E-state index in [1.807, 2.05) is 45.9 Å². The van der Waals surface area contributed by atoms with Gasteiger partial charge in [0.15, 0.2) is 0 Å². The monoisotopic (exact) mass is 354 g/mol. The van der Waals surface area contributed by atoms with Crippen molar-refractivity contribution in [2.24, 2.45) is 5.92 Å². The lowest BCUT2D eigenvalue weighted by atomic mass is 10.0. The molecule has 0 bridgehead atoms. The van der Waals surface area contributed by atoms with Gasteiger partial charge in [-0.2, -0.15) is 0 Å². The Kier molecular flexibility index (Phi) is 6.39. The van der Waals surface area contributed by atoms with Crippen molar-refractivity contribution >= 4 is 17.5 Å². The van der Waals surface area contributed by atoms with E-state index >= 15 is 0 Å². The number of aryl methyl sites for hydroxylation is 2. The van der Waals surface area contributed by atoms with E-state index in [9.17, 15) is 9.59 Å². The molecule has 0 aliphatic rings. The Morgan fingerprint density at radius 2 is 1.65 bits per heavy atom. The number of hydrogen-bond acceptors (Lipinski definition) is 3. The molecule has 0 fully saturated rings. The van der Waals surface area contributed by atoms with Crippen molar-refractivity contribution in [2.75, 3.05) is 12.4 Å². The average Bonchev–Trinajstić information content (AvgIpc) is 2.62. The summed E-state index contributed by atoms with van der Waals surface area (Å²) in [6.07, 6.45) is 0. The summed E-state index contributed by atoms with van der Waals surface area (Å²) in [4.78, 5) is 25.2. The molecule has 2 rings (SSSR count). The second kappa shape index (κ2) is 8.52. The van der Waals surface area contributed by atoms with Crippen molar-refractivity contribution in [1.82, 2.24) is 5.32 Å². The van der Waals surface area contributed by atoms with E-state index in [1.165, 1.54) is 0 Å². The summed E-state index contributed by atoms with van der Waals surface area (Å²) in [6.45, 7) is 7.72. The van der Waals surface area contributed by atoms with Gasteiger partial charge in [0.2, 0.25) is 5.91 Å². The van der Waals surface area contributed by atoms with Gasteiger partial charge in [0.25, 0.3) is 5.91 Å². The van der Waals surface area contributed by atoms with Gasteiger partial charge in [0.05, 0.1) is 7.11 Å². The number of ether oxygens (including phenoxy) is 1. The third kappa shape index (κ3) is 4.85. The molecule has 2 amide bonds. The van der Waals surface area contributed by atoms with E-state index in [2.05, 4.69) is 10.6 Å². The summed E-state index contributed by atoms with van der Waals surface area (Å²) in [5, 5.41) is 5.77. The third-order valence-electron chi connectivity index (χ3n) is 4.24. The highest BCUT2D eigenvalue weighted by molar-refractivity contribution is 6.01. The molecule has 0 spiro atoms. The maximum Gasteiger partial charge on any atom is 0.251 e. The fourth-order valence-corrected chi connectivity index (χ4v) is 2.58. The van der Waals surface area contributed by atoms with Gasteiger partial charge >= 0.3 is 0 Å². The molecule has 0 aromatic heterocycles. The van der Waals surface area contributed by atoms with Crippen LogP contribution in [0.25, 0.3) is 0 Å². The molecule has 5 heteroatoms. The Bertz CT molecular complexity index is 782. The van der Waals surface area contributed by atoms with Crippen LogP contribution >= 0.6 is 0 Å². The van der Waals surface area contributed by atoms with Crippen LogP contribution in [0.4, 0.5) is 5.69 Å². The van der Waals surface area contributed by atoms with Crippen LogP contribution in [0.1, 0.15) is 35.3 Å². The Morgan fingerprint density at radius 3 is 2.23 bits per heavy atom. The predicted molar refractivity (Wildman–Crippen MR) is 104 cm³/mol. The molecule has 0 saturated carbocycles. The smallest absolute Gasteiger partial charge is 0.251 e. The normalized spacial score (nSPS) is 11.8. The number of carbonyl (C=O) groups is 2. The van der Waals surface area contributed by atoms with Gasteiger partial charge in [0, 0.05) is 11.3 Å². The quantitative estimate of drug-likeness (QED) is 0.831. The summed E-state index contributed by atoms with van der Waals surface area (Å²) in [6, 6.07) is 12.0. The number of carbonyl (C=O) groups excluding carboxylic acids is 2. The summed E-state index contributed by atoms with van der Waals surface area (Å²) < 4.78 is 5.10. The molecule has 0 radical (unpaired) electrons. The highest BCUT2D eigenvalue weighted by Crippen LogP contribution is 2.18. The fraction of sp³-hybridized carbons (Fsp3) is 0.333. The van der Waals surface area contributed by atoms with Crippen molar-refractivity contribution in [1.29, 1.82) is 0 Å². The van der Waals surface area contributed by atoms with Crippen molar-refractivity contribution in [2.45, 2.75) is 33.7 Å². The zero-order valence-corrected chi connectivity index (χ0v) is 15.9. The zero-order chi connectivity index (χ0) is 19.3. The number of nitrogens with one attached hydrogen (secondary N) is 2. The lowest BCUT2D eigenvalue weighted by molar-refractivity contribution is -0.118. The fourth-order valence-electron chi connectivity index (χ4n) is 2.58. The molecular formula is C21H26N2O3. The van der Waals surface area contributed by atoms with Crippen LogP contribution in [0.2, 0.25) is 0 Å². The lowest BCUT2D eigenvalue weighted by Crippen LogP contribution is -2.47. The van der Waals surface area contributed by atoms with Crippen LogP contribution in [0.5, 0.6) is 5.75 Å². The predicted octanol–water partition coefficient (Wildman–Crippen LogP) is 3.71. The summed E-state index contributed by atoms with van der Waals surface area (Å²) >= 11 is 0. The van der Waals surface area contributed by atoms with Gasteiger partial charge in [-0.15, -0.1) is 0 Å². The molecule has 26 heavy (non-hydrogen) atoms. The van der Waals surface area contributed by atoms with Gasteiger partial charge < -0.3 is 15.4 Å². The number of hydrogen-bond donors (Lipinski definition) is 2. The van der Waals surface area contributed by atoms with Gasteiger partial charge in [-0.1, -0.05) is 26.0 Å². The minimum absolute atomic E-state index is 0.0534. The zero-order valence-electron chi connectivity index (χ0n) is 15.9. The number of anilines is 1. The molecule has 0 aliphatic carbocycles. The lowest BCUT2D eigenvalue weighted by Gasteiger charge is -2.22. The van der Waals surface area contributed by atoms with Crippen molar-refractivity contribution in [3.05, 3.63) is 59.2 Å². The first-order valence-electron chi connectivity index (χ1n) is 8.65. The Hall–Kier alpha value is -2.82. The van der Waals surface area contributed by atoms with Crippen LogP contribution in [-0.4, -0.2) is 25.0 Å². The van der Waals surface area contributed by atoms with E-state index in [1.54, 1.807) is 31.4 Å². The second-order valence-electron chi connectivity index (χ2n) is 6.73. The number of amides is 2. The van der Waals surface area contributed by atoms with Crippen LogP contribution in [0.15, 0.2) is 42.5 Å². The van der Waals surface area contributed by atoms with Crippen LogP contribution in [-0.2, 0) is 4.79 Å². The summed E-state index contributed by atoms with van der Waals surface area (Å²) in [7, 11) is 1.57. The van der Waals surface area contributed by atoms with E-state index in [4.69, 9.17) is 4.74 Å². The highest BCUT2D eigenvalue weighted by atomic mass is 16.5. The molecule has 0 unspecified atom stereocenters. The number of benzene rings is 2. The molecule has 5 nitrogen and oxygen atoms in total. The molecule has 0 aliphatic heterocycles. The van der Waals surface area contributed by atoms with Crippen LogP contribution in [0.3, 0.4) is 0 Å². The summed E-state index contributed by atoms with van der Waals surface area (Å²) in [5.74, 6) is 0.106. The second-order valence-corrected chi connectivity index (χ2v) is 6.73. The van der Waals surface area contributed by atoms with E-state index in [-0.39, 0.29) is 17.7 Å². The van der Waals surface area contributed by atoms with E-state index < -0.39 is 6.04 Å². The molecule has 0 heterocycles. The SMILES string of the molecule is COc1ccc(C(=O)N[C@H](C(=O)Nc2cc(C)ccc2C)C(C)C)cc1. The minimum atomic E-state index is -0.635. The molecule has 1 atom stereocenters. The van der Waals surface area contributed by atoms with E-state index in [0.717, 1.165) is 16.8 Å².